The molecule has 0 radical (unpaired) electrons. The molecule has 33 heteroatoms. The van der Waals surface area contributed by atoms with Crippen molar-refractivity contribution >= 4 is 47.5 Å². The number of aliphatic hydroxyl groups excluding tert-OH is 4. The minimum atomic E-state index is -1.72. The SMILES string of the molecule is C#CCOCCOCCOCCOCCC(=O)N(CCOCCCNC(=O)CO[C@@H]([C@@H]1OC(C(=O)O)=C[C@H](N=C(N)N)[C@H]1NCC)[C@H](O)CO)CCOCCCNC(=O)CO[C@@H]([C@@H]1OC(C(=O)O)=C[C@H](N=C(N)N)[C@H]1NC(C)=O)[C@H](O)CO. The Kier molecular flexibility index (Phi) is 37.0. The fraction of sp³-hybridized carbons (Fsp3) is 0.720. The van der Waals surface area contributed by atoms with Gasteiger partial charge in [0.15, 0.2) is 18.0 Å². The number of hydrogen-bond acceptors (Lipinski definition) is 23. The van der Waals surface area contributed by atoms with Crippen LogP contribution in [0.4, 0.5) is 0 Å². The predicted molar refractivity (Wildman–Crippen MR) is 291 cm³/mol. The van der Waals surface area contributed by atoms with Crippen LogP contribution < -0.4 is 44.2 Å². The van der Waals surface area contributed by atoms with Crippen molar-refractivity contribution in [3.8, 4) is 12.3 Å². The number of hydrogen-bond donors (Lipinski definition) is 14. The third-order valence-electron chi connectivity index (χ3n) is 11.7. The third kappa shape index (κ3) is 29.5. The highest BCUT2D eigenvalue weighted by atomic mass is 16.6. The van der Waals surface area contributed by atoms with E-state index in [2.05, 4.69) is 37.2 Å². The first-order valence-electron chi connectivity index (χ1n) is 26.7. The molecule has 0 saturated heterocycles. The number of amides is 4. The van der Waals surface area contributed by atoms with Gasteiger partial charge in [0.2, 0.25) is 35.1 Å². The van der Waals surface area contributed by atoms with E-state index in [1.54, 1.807) is 6.92 Å². The van der Waals surface area contributed by atoms with Gasteiger partial charge in [-0.2, -0.15) is 0 Å². The number of guanidine groups is 2. The number of carbonyl (C=O) groups excluding carboxylic acids is 4. The standard InChI is InChI=1S/C50H85N11O22/c1-4-13-74-19-21-78-23-24-79-22-20-77-16-8-40(69)61(11-17-75-14-6-9-56-38(67)29-80-43(34(65)27-62)45-41(55-5-2)32(59-49(51)52)25-36(82-45)47(70)71)12-18-76-15-7-10-57-39(68)30-81-44(35(66)28-63)46-42(58-31(3)64)33(60-50(53)54)26-37(83-46)48(72)73/h1,25-26,32-35,41-46,55,62-63,65-66H,5-24,27-30H2,2-3H3,(H,56,67)(H,57,68)(H,58,64)(H,70,71)(H,72,73)(H4,51,52,59)(H4,53,54,60)/t32-,33-,34+,35+,41+,42+,43+,44+,45+,46+/m0/s1. The van der Waals surface area contributed by atoms with E-state index in [0.717, 1.165) is 13.0 Å². The molecule has 2 aliphatic rings. The van der Waals surface area contributed by atoms with Gasteiger partial charge in [0.25, 0.3) is 0 Å². The van der Waals surface area contributed by atoms with Gasteiger partial charge in [-0.15, -0.1) is 6.42 Å². The number of aliphatic carboxylic acids is 2. The summed E-state index contributed by atoms with van der Waals surface area (Å²) in [6.07, 6.45) is -1.04. The van der Waals surface area contributed by atoms with Crippen molar-refractivity contribution in [2.45, 2.75) is 93.9 Å². The van der Waals surface area contributed by atoms with Crippen LogP contribution in [0.25, 0.3) is 0 Å². The predicted octanol–water partition coefficient (Wildman–Crippen LogP) is -7.07. The van der Waals surface area contributed by atoms with Crippen molar-refractivity contribution in [3.05, 3.63) is 23.7 Å². The molecule has 33 nitrogen and oxygen atoms in total. The Balaban J connectivity index is 1.92. The van der Waals surface area contributed by atoms with Gasteiger partial charge in [-0.3, -0.25) is 19.2 Å². The van der Waals surface area contributed by atoms with Crippen molar-refractivity contribution in [2.24, 2.45) is 32.9 Å². The average molecular weight is 1190 g/mol. The molecule has 0 unspecified atom stereocenters. The maximum absolute atomic E-state index is 13.4. The second-order valence-corrected chi connectivity index (χ2v) is 18.1. The van der Waals surface area contributed by atoms with Gasteiger partial charge in [-0.1, -0.05) is 12.8 Å². The molecule has 0 aromatic rings. The Morgan fingerprint density at radius 1 is 0.663 bits per heavy atom. The highest BCUT2D eigenvalue weighted by Gasteiger charge is 2.46. The molecule has 18 N–H and O–H groups in total. The van der Waals surface area contributed by atoms with Crippen molar-refractivity contribution in [1.29, 1.82) is 0 Å². The molecule has 0 fully saturated rings. The van der Waals surface area contributed by atoms with E-state index in [9.17, 15) is 59.4 Å². The summed E-state index contributed by atoms with van der Waals surface area (Å²) in [7, 11) is 0. The number of nitrogens with two attached hydrogens (primary N) is 4. The van der Waals surface area contributed by atoms with Crippen molar-refractivity contribution in [2.75, 3.05) is 138 Å². The molecule has 2 rings (SSSR count). The summed E-state index contributed by atoms with van der Waals surface area (Å²) >= 11 is 0. The van der Waals surface area contributed by atoms with E-state index in [4.69, 9.17) is 76.7 Å². The Morgan fingerprint density at radius 3 is 1.49 bits per heavy atom. The quantitative estimate of drug-likeness (QED) is 0.0117. The lowest BCUT2D eigenvalue weighted by molar-refractivity contribution is -0.158. The van der Waals surface area contributed by atoms with Crippen molar-refractivity contribution in [1.82, 2.24) is 26.2 Å². The molecule has 0 bridgehead atoms. The Hall–Kier alpha value is -6.52. The van der Waals surface area contributed by atoms with E-state index in [1.165, 1.54) is 11.0 Å². The zero-order valence-corrected chi connectivity index (χ0v) is 46.8. The van der Waals surface area contributed by atoms with Gasteiger partial charge in [-0.05, 0) is 31.5 Å². The summed E-state index contributed by atoms with van der Waals surface area (Å²) in [4.78, 5) is 84.6. The summed E-state index contributed by atoms with van der Waals surface area (Å²) < 4.78 is 55.8. The monoisotopic (exact) mass is 1190 g/mol. The smallest absolute Gasteiger partial charge is 0.370 e. The van der Waals surface area contributed by atoms with Gasteiger partial charge < -0.3 is 127 Å². The second kappa shape index (κ2) is 42.3. The third-order valence-corrected chi connectivity index (χ3v) is 11.7. The van der Waals surface area contributed by atoms with Crippen LogP contribution in [-0.2, 0) is 76.1 Å². The second-order valence-electron chi connectivity index (χ2n) is 18.1. The number of aliphatic hydroxyl groups is 4. The summed E-state index contributed by atoms with van der Waals surface area (Å²) in [5, 5.41) is 71.3. The van der Waals surface area contributed by atoms with Crippen LogP contribution >= 0.6 is 0 Å². The first-order valence-corrected chi connectivity index (χ1v) is 26.7. The number of likely N-dealkylation sites (N-methyl/N-ethyl adjacent to an activating group) is 1. The maximum atomic E-state index is 13.4. The molecule has 472 valence electrons. The molecule has 83 heavy (non-hydrogen) atoms. The summed E-state index contributed by atoms with van der Waals surface area (Å²) in [6, 6.07) is -4.21. The zero-order chi connectivity index (χ0) is 61.5. The number of rotatable bonds is 46. The number of terminal acetylenes is 1. The zero-order valence-electron chi connectivity index (χ0n) is 46.8. The molecule has 4 amide bonds. The van der Waals surface area contributed by atoms with E-state index in [-0.39, 0.29) is 97.3 Å². The first-order chi connectivity index (χ1) is 39.8. The van der Waals surface area contributed by atoms with Crippen LogP contribution in [0.3, 0.4) is 0 Å². The molecular weight excluding hydrogens is 1110 g/mol. The van der Waals surface area contributed by atoms with Crippen LogP contribution in [-0.4, -0.2) is 282 Å². The summed E-state index contributed by atoms with van der Waals surface area (Å²) in [5.41, 5.74) is 22.3. The van der Waals surface area contributed by atoms with Crippen LogP contribution in [0.1, 0.15) is 33.1 Å². The molecule has 0 spiro atoms. The van der Waals surface area contributed by atoms with Gasteiger partial charge in [-0.25, -0.2) is 19.6 Å². The van der Waals surface area contributed by atoms with Gasteiger partial charge in [0.05, 0.1) is 103 Å². The van der Waals surface area contributed by atoms with Gasteiger partial charge >= 0.3 is 11.9 Å². The van der Waals surface area contributed by atoms with Crippen LogP contribution in [0.15, 0.2) is 33.7 Å². The topological polar surface area (TPSA) is 496 Å². The minimum absolute atomic E-state index is 0.0291. The minimum Gasteiger partial charge on any atom is -0.479 e. The number of nitrogens with one attached hydrogen (secondary N) is 4. The summed E-state index contributed by atoms with van der Waals surface area (Å²) in [5.74, 6) is -4.69. The highest BCUT2D eigenvalue weighted by Crippen LogP contribution is 2.28. The fourth-order valence-corrected chi connectivity index (χ4v) is 8.00. The molecule has 2 aliphatic heterocycles. The lowest BCUT2D eigenvalue weighted by atomic mass is 9.92. The Morgan fingerprint density at radius 2 is 1.08 bits per heavy atom. The number of ether oxygens (including phenoxy) is 10. The fourth-order valence-electron chi connectivity index (χ4n) is 8.00. The normalized spacial score (nSPS) is 19.8. The number of nitrogens with zero attached hydrogens (tertiary/aromatic N) is 3. The van der Waals surface area contributed by atoms with E-state index >= 15 is 0 Å². The van der Waals surface area contributed by atoms with Crippen LogP contribution in [0.2, 0.25) is 0 Å². The van der Waals surface area contributed by atoms with Gasteiger partial charge in [0.1, 0.15) is 50.3 Å². The number of carbonyl (C=O) groups is 6. The number of carboxylic acids is 2. The number of carboxylic acid groups (broad SMARTS) is 2. The van der Waals surface area contributed by atoms with E-state index in [0.29, 0.717) is 45.8 Å². The average Bonchev–Trinajstić information content (AvgIpc) is 3.43. The molecule has 10 atom stereocenters. The Labute approximate surface area is 480 Å². The first kappa shape index (κ1) is 72.6. The summed E-state index contributed by atoms with van der Waals surface area (Å²) in [6.45, 7) is 3.52. The highest BCUT2D eigenvalue weighted by molar-refractivity contribution is 5.86. The van der Waals surface area contributed by atoms with E-state index < -0.39 is 134 Å². The Bertz CT molecular complexity index is 2130. The van der Waals surface area contributed by atoms with Crippen LogP contribution in [0.5, 0.6) is 0 Å². The van der Waals surface area contributed by atoms with Crippen molar-refractivity contribution in [3.63, 3.8) is 0 Å². The van der Waals surface area contributed by atoms with Gasteiger partial charge in [0, 0.05) is 46.3 Å². The molecule has 0 saturated carbocycles. The molecule has 0 aliphatic carbocycles. The largest absolute Gasteiger partial charge is 0.479 e. The molecule has 0 aromatic carbocycles. The van der Waals surface area contributed by atoms with E-state index in [1.807, 2.05) is 0 Å². The lowest BCUT2D eigenvalue weighted by Crippen LogP contribution is -2.60. The van der Waals surface area contributed by atoms with Crippen LogP contribution in [0, 0.1) is 12.3 Å². The van der Waals surface area contributed by atoms with Crippen molar-refractivity contribution < 1.29 is 107 Å². The maximum Gasteiger partial charge on any atom is 0.370 e. The number of aliphatic imine (C=N–C) groups is 2. The lowest BCUT2D eigenvalue weighted by Gasteiger charge is -2.40. The molecule has 0 aromatic heterocycles. The molecule has 2 heterocycles. The molecular formula is C50H85N11O22.